The van der Waals surface area contributed by atoms with Gasteiger partial charge in [-0.2, -0.15) is 0 Å². The molecule has 1 aliphatic carbocycles. The van der Waals surface area contributed by atoms with Crippen LogP contribution in [0.4, 0.5) is 0 Å². The van der Waals surface area contributed by atoms with Gasteiger partial charge in [0.15, 0.2) is 5.96 Å². The Labute approximate surface area is 133 Å². The van der Waals surface area contributed by atoms with Gasteiger partial charge >= 0.3 is 0 Å². The molecule has 1 fully saturated rings. The van der Waals surface area contributed by atoms with Crippen LogP contribution < -0.4 is 20.1 Å². The number of rotatable bonds is 9. The Balaban J connectivity index is 1.63. The summed E-state index contributed by atoms with van der Waals surface area (Å²) in [6.45, 7) is 5.43. The Morgan fingerprint density at radius 1 is 1.27 bits per heavy atom. The van der Waals surface area contributed by atoms with Crippen LogP contribution in [-0.2, 0) is 0 Å². The van der Waals surface area contributed by atoms with E-state index in [0.29, 0.717) is 6.61 Å². The van der Waals surface area contributed by atoms with Crippen molar-refractivity contribution < 1.29 is 9.47 Å². The van der Waals surface area contributed by atoms with Gasteiger partial charge in [0, 0.05) is 25.7 Å². The van der Waals surface area contributed by atoms with Crippen LogP contribution in [0.5, 0.6) is 11.5 Å². The molecule has 0 heterocycles. The van der Waals surface area contributed by atoms with Crippen LogP contribution >= 0.6 is 0 Å². The van der Waals surface area contributed by atoms with E-state index < -0.39 is 0 Å². The summed E-state index contributed by atoms with van der Waals surface area (Å²) < 4.78 is 10.9. The van der Waals surface area contributed by atoms with Gasteiger partial charge in [-0.15, -0.1) is 0 Å². The summed E-state index contributed by atoms with van der Waals surface area (Å²) in [5, 5.41) is 6.62. The molecule has 0 aromatic heterocycles. The van der Waals surface area contributed by atoms with Crippen molar-refractivity contribution in [3.8, 4) is 11.5 Å². The topological polar surface area (TPSA) is 54.9 Å². The lowest BCUT2D eigenvalue weighted by Gasteiger charge is -2.12. The van der Waals surface area contributed by atoms with Gasteiger partial charge in [0.1, 0.15) is 11.5 Å². The zero-order chi connectivity index (χ0) is 15.6. The van der Waals surface area contributed by atoms with Crippen molar-refractivity contribution in [2.24, 2.45) is 10.9 Å². The summed E-state index contributed by atoms with van der Waals surface area (Å²) in [6.07, 6.45) is 3.58. The average molecular weight is 305 g/mol. The molecule has 0 unspecified atom stereocenters. The third-order valence-corrected chi connectivity index (χ3v) is 3.47. The second kappa shape index (κ2) is 9.18. The van der Waals surface area contributed by atoms with Crippen molar-refractivity contribution in [1.82, 2.24) is 10.6 Å². The molecule has 22 heavy (non-hydrogen) atoms. The van der Waals surface area contributed by atoms with Crippen LogP contribution in [0, 0.1) is 5.92 Å². The standard InChI is InChI=1S/C17H27N3O2/c1-3-18-17(20-13-14-8-9-14)19-10-5-11-22-16-7-4-6-15(12-16)21-2/h4,6-7,12,14H,3,5,8-11,13H2,1-2H3,(H2,18,19,20). The van der Waals surface area contributed by atoms with Crippen molar-refractivity contribution in [2.45, 2.75) is 26.2 Å². The van der Waals surface area contributed by atoms with Crippen LogP contribution in [0.3, 0.4) is 0 Å². The molecule has 122 valence electrons. The molecular formula is C17H27N3O2. The number of nitrogens with one attached hydrogen (secondary N) is 2. The first-order valence-corrected chi connectivity index (χ1v) is 8.11. The van der Waals surface area contributed by atoms with Gasteiger partial charge in [0.2, 0.25) is 0 Å². The Bertz CT molecular complexity index is 473. The Morgan fingerprint density at radius 3 is 2.82 bits per heavy atom. The Kier molecular flexibility index (Phi) is 6.87. The van der Waals surface area contributed by atoms with Crippen LogP contribution in [-0.4, -0.2) is 39.3 Å². The Morgan fingerprint density at radius 2 is 2.09 bits per heavy atom. The summed E-state index contributed by atoms with van der Waals surface area (Å²) in [5.74, 6) is 3.38. The summed E-state index contributed by atoms with van der Waals surface area (Å²) >= 11 is 0. The maximum Gasteiger partial charge on any atom is 0.191 e. The molecule has 0 aliphatic heterocycles. The second-order valence-corrected chi connectivity index (χ2v) is 5.47. The number of aliphatic imine (C=N–C) groups is 1. The van der Waals surface area contributed by atoms with Gasteiger partial charge < -0.3 is 20.1 Å². The number of guanidine groups is 1. The van der Waals surface area contributed by atoms with Crippen LogP contribution in [0.15, 0.2) is 29.3 Å². The van der Waals surface area contributed by atoms with E-state index in [1.54, 1.807) is 7.11 Å². The first-order chi connectivity index (χ1) is 10.8. The van der Waals surface area contributed by atoms with Crippen molar-refractivity contribution >= 4 is 5.96 Å². The normalized spacial score (nSPS) is 14.5. The fourth-order valence-corrected chi connectivity index (χ4v) is 2.02. The van der Waals surface area contributed by atoms with E-state index in [-0.39, 0.29) is 0 Å². The molecule has 2 rings (SSSR count). The molecule has 0 saturated heterocycles. The summed E-state index contributed by atoms with van der Waals surface area (Å²) in [4.78, 5) is 4.59. The van der Waals surface area contributed by atoms with E-state index >= 15 is 0 Å². The molecule has 1 saturated carbocycles. The largest absolute Gasteiger partial charge is 0.497 e. The predicted octanol–water partition coefficient (Wildman–Crippen LogP) is 2.43. The van der Waals surface area contributed by atoms with Gasteiger partial charge in [-0.05, 0) is 44.2 Å². The first-order valence-electron chi connectivity index (χ1n) is 8.11. The highest BCUT2D eigenvalue weighted by Crippen LogP contribution is 2.28. The molecule has 1 aliphatic rings. The third kappa shape index (κ3) is 6.24. The summed E-state index contributed by atoms with van der Waals surface area (Å²) in [6, 6.07) is 7.68. The van der Waals surface area contributed by atoms with E-state index in [4.69, 9.17) is 9.47 Å². The lowest BCUT2D eigenvalue weighted by Crippen LogP contribution is -2.38. The Hall–Kier alpha value is -1.91. The van der Waals surface area contributed by atoms with Crippen molar-refractivity contribution in [1.29, 1.82) is 0 Å². The van der Waals surface area contributed by atoms with Gasteiger partial charge in [-0.25, -0.2) is 0 Å². The molecule has 0 atom stereocenters. The van der Waals surface area contributed by atoms with Crippen molar-refractivity contribution in [3.63, 3.8) is 0 Å². The third-order valence-electron chi connectivity index (χ3n) is 3.47. The van der Waals surface area contributed by atoms with E-state index in [1.807, 2.05) is 24.3 Å². The molecule has 2 N–H and O–H groups in total. The fraction of sp³-hybridized carbons (Fsp3) is 0.588. The monoisotopic (exact) mass is 305 g/mol. The predicted molar refractivity (Wildman–Crippen MR) is 89.8 cm³/mol. The highest BCUT2D eigenvalue weighted by atomic mass is 16.5. The minimum Gasteiger partial charge on any atom is -0.497 e. The highest BCUT2D eigenvalue weighted by Gasteiger charge is 2.20. The number of hydrogen-bond donors (Lipinski definition) is 2. The lowest BCUT2D eigenvalue weighted by atomic mass is 10.3. The molecule has 0 amide bonds. The number of ether oxygens (including phenoxy) is 2. The molecule has 5 heteroatoms. The van der Waals surface area contributed by atoms with Crippen LogP contribution in [0.1, 0.15) is 26.2 Å². The molecule has 0 spiro atoms. The molecule has 0 bridgehead atoms. The second-order valence-electron chi connectivity index (χ2n) is 5.47. The molecule has 5 nitrogen and oxygen atoms in total. The minimum atomic E-state index is 0.669. The zero-order valence-electron chi connectivity index (χ0n) is 13.6. The van der Waals surface area contributed by atoms with E-state index in [1.165, 1.54) is 12.8 Å². The summed E-state index contributed by atoms with van der Waals surface area (Å²) in [5.41, 5.74) is 0. The van der Waals surface area contributed by atoms with Gasteiger partial charge in [-0.3, -0.25) is 4.99 Å². The van der Waals surface area contributed by atoms with Crippen LogP contribution in [0.25, 0.3) is 0 Å². The maximum atomic E-state index is 5.72. The molecular weight excluding hydrogens is 278 g/mol. The molecule has 1 aromatic carbocycles. The van der Waals surface area contributed by atoms with E-state index in [2.05, 4.69) is 22.5 Å². The zero-order valence-corrected chi connectivity index (χ0v) is 13.6. The van der Waals surface area contributed by atoms with Gasteiger partial charge in [0.25, 0.3) is 0 Å². The van der Waals surface area contributed by atoms with Crippen molar-refractivity contribution in [2.75, 3.05) is 33.4 Å². The molecule has 1 aromatic rings. The molecule has 0 radical (unpaired) electrons. The minimum absolute atomic E-state index is 0.669. The number of nitrogens with zero attached hydrogens (tertiary/aromatic N) is 1. The number of methoxy groups -OCH3 is 1. The summed E-state index contributed by atoms with van der Waals surface area (Å²) in [7, 11) is 1.66. The van der Waals surface area contributed by atoms with Crippen molar-refractivity contribution in [3.05, 3.63) is 24.3 Å². The van der Waals surface area contributed by atoms with E-state index in [9.17, 15) is 0 Å². The highest BCUT2D eigenvalue weighted by molar-refractivity contribution is 5.79. The number of benzene rings is 1. The quantitative estimate of drug-likeness (QED) is 0.418. The SMILES string of the molecule is CCNC(=NCC1CC1)NCCCOc1cccc(OC)c1. The number of hydrogen-bond acceptors (Lipinski definition) is 3. The first kappa shape index (κ1) is 16.5. The van der Waals surface area contributed by atoms with Crippen LogP contribution in [0.2, 0.25) is 0 Å². The fourth-order valence-electron chi connectivity index (χ4n) is 2.02. The smallest absolute Gasteiger partial charge is 0.191 e. The average Bonchev–Trinajstić information content (AvgIpc) is 3.36. The lowest BCUT2D eigenvalue weighted by molar-refractivity contribution is 0.308. The van der Waals surface area contributed by atoms with E-state index in [0.717, 1.165) is 49.4 Å². The van der Waals surface area contributed by atoms with Gasteiger partial charge in [0.05, 0.1) is 13.7 Å². The van der Waals surface area contributed by atoms with Gasteiger partial charge in [-0.1, -0.05) is 6.07 Å². The maximum absolute atomic E-state index is 5.72.